The van der Waals surface area contributed by atoms with Crippen LogP contribution in [0.4, 0.5) is 0 Å². The number of nitro groups is 2. The Bertz CT molecular complexity index is 467. The van der Waals surface area contributed by atoms with E-state index >= 15 is 0 Å². The molecule has 2 atom stereocenters. The molecule has 0 unspecified atom stereocenters. The first-order valence-electron chi connectivity index (χ1n) is 6.12. The van der Waals surface area contributed by atoms with Crippen molar-refractivity contribution in [2.45, 2.75) is 26.2 Å². The van der Waals surface area contributed by atoms with Crippen molar-refractivity contribution in [1.82, 2.24) is 19.8 Å². The number of carbonyl (C=O) groups is 2. The molecule has 2 heterocycles. The van der Waals surface area contributed by atoms with E-state index in [0.29, 0.717) is 0 Å². The van der Waals surface area contributed by atoms with Crippen LogP contribution in [-0.2, 0) is 9.59 Å². The highest BCUT2D eigenvalue weighted by Gasteiger charge is 2.58. The van der Waals surface area contributed by atoms with Gasteiger partial charge in [0.15, 0.2) is 10.1 Å². The number of piperazine rings is 1. The molecule has 2 fully saturated rings. The van der Waals surface area contributed by atoms with E-state index in [0.717, 1.165) is 19.8 Å². The van der Waals surface area contributed by atoms with Crippen LogP contribution in [0.2, 0.25) is 0 Å². The summed E-state index contributed by atoms with van der Waals surface area (Å²) in [5.41, 5.74) is 0. The second-order valence-electron chi connectivity index (χ2n) is 4.75. The number of rotatable bonds is 2. The number of hydrogen-bond donors (Lipinski definition) is 0. The van der Waals surface area contributed by atoms with Crippen molar-refractivity contribution >= 4 is 11.8 Å². The minimum absolute atomic E-state index is 0.214. The molecular weight excluding hydrogens is 288 g/mol. The summed E-state index contributed by atoms with van der Waals surface area (Å²) in [4.78, 5) is 47.7. The molecule has 12 nitrogen and oxygen atoms in total. The Hall–Kier alpha value is -2.66. The van der Waals surface area contributed by atoms with E-state index in [9.17, 15) is 29.8 Å². The lowest BCUT2D eigenvalue weighted by molar-refractivity contribution is -0.712. The molecule has 0 bridgehead atoms. The Morgan fingerprint density at radius 3 is 1.48 bits per heavy atom. The van der Waals surface area contributed by atoms with Gasteiger partial charge in [0.25, 0.3) is 0 Å². The second-order valence-corrected chi connectivity index (χ2v) is 4.75. The zero-order valence-electron chi connectivity index (χ0n) is 11.4. The molecule has 2 aliphatic heterocycles. The molecule has 12 heteroatoms. The molecular formula is C9H14N6O6. The molecule has 0 N–H and O–H groups in total. The van der Waals surface area contributed by atoms with Gasteiger partial charge in [-0.05, 0) is 0 Å². The molecule has 2 rings (SSSR count). The minimum Gasteiger partial charge on any atom is -0.296 e. The first-order valence-corrected chi connectivity index (χ1v) is 6.12. The summed E-state index contributed by atoms with van der Waals surface area (Å²) in [6.07, 6.45) is -2.36. The summed E-state index contributed by atoms with van der Waals surface area (Å²) in [7, 11) is 0. The fraction of sp³-hybridized carbons (Fsp3) is 0.778. The van der Waals surface area contributed by atoms with Gasteiger partial charge in [-0.2, -0.15) is 0 Å². The quantitative estimate of drug-likeness (QED) is 0.435. The van der Waals surface area contributed by atoms with E-state index in [-0.39, 0.29) is 19.8 Å². The zero-order chi connectivity index (χ0) is 15.9. The van der Waals surface area contributed by atoms with Gasteiger partial charge in [-0.1, -0.05) is 10.0 Å². The van der Waals surface area contributed by atoms with E-state index in [4.69, 9.17) is 0 Å². The number of carbonyl (C=O) groups excluding carboxylic acids is 2. The fourth-order valence-corrected chi connectivity index (χ4v) is 2.68. The van der Waals surface area contributed by atoms with Crippen molar-refractivity contribution in [2.24, 2.45) is 0 Å². The summed E-state index contributed by atoms with van der Waals surface area (Å²) in [6, 6.07) is 0. The number of hydrogen-bond acceptors (Lipinski definition) is 6. The molecule has 0 aromatic carbocycles. The largest absolute Gasteiger partial charge is 0.296 e. The van der Waals surface area contributed by atoms with Gasteiger partial charge in [0.2, 0.25) is 24.1 Å². The smallest absolute Gasteiger partial charge is 0.222 e. The molecule has 0 saturated carbocycles. The van der Waals surface area contributed by atoms with E-state index in [1.807, 2.05) is 0 Å². The Kier molecular flexibility index (Phi) is 3.53. The molecule has 2 amide bonds. The van der Waals surface area contributed by atoms with Crippen LogP contribution in [0.5, 0.6) is 0 Å². The molecule has 116 valence electrons. The van der Waals surface area contributed by atoms with Crippen LogP contribution in [0.15, 0.2) is 0 Å². The fourth-order valence-electron chi connectivity index (χ4n) is 2.68. The van der Waals surface area contributed by atoms with Crippen molar-refractivity contribution in [1.29, 1.82) is 0 Å². The summed E-state index contributed by atoms with van der Waals surface area (Å²) in [5, 5.41) is 22.4. The van der Waals surface area contributed by atoms with Crippen LogP contribution >= 0.6 is 0 Å². The summed E-state index contributed by atoms with van der Waals surface area (Å²) in [5.74, 6) is -0.989. The summed E-state index contributed by atoms with van der Waals surface area (Å²) in [6.45, 7) is 1.75. The predicted octanol–water partition coefficient (Wildman–Crippen LogP) is -1.69. The van der Waals surface area contributed by atoms with Crippen LogP contribution in [0.3, 0.4) is 0 Å². The highest BCUT2D eigenvalue weighted by molar-refractivity contribution is 5.78. The minimum atomic E-state index is -1.18. The molecule has 0 aliphatic carbocycles. The summed E-state index contributed by atoms with van der Waals surface area (Å²) < 4.78 is 0. The normalized spacial score (nSPS) is 24.9. The lowest BCUT2D eigenvalue weighted by Crippen LogP contribution is -2.67. The van der Waals surface area contributed by atoms with E-state index in [1.165, 1.54) is 13.8 Å². The maximum atomic E-state index is 11.7. The standard InChI is InChI=1S/C9H14N6O6/c1-6(16)10-5-11(7(2)17)9-8(10)12(14(18)19)3-4-13(9)15(20)21/h8-9H,3-5H2,1-2H3/t8-,9+. The van der Waals surface area contributed by atoms with Crippen molar-refractivity contribution in [3.63, 3.8) is 0 Å². The predicted molar refractivity (Wildman–Crippen MR) is 64.9 cm³/mol. The molecule has 0 aromatic rings. The first-order chi connectivity index (χ1) is 9.75. The van der Waals surface area contributed by atoms with Crippen LogP contribution in [0.1, 0.15) is 13.8 Å². The Labute approximate surface area is 118 Å². The highest BCUT2D eigenvalue weighted by atomic mass is 16.7. The van der Waals surface area contributed by atoms with Crippen molar-refractivity contribution in [3.05, 3.63) is 20.2 Å². The molecule has 0 aromatic heterocycles. The number of amides is 2. The van der Waals surface area contributed by atoms with Crippen molar-refractivity contribution < 1.29 is 19.7 Å². The Morgan fingerprint density at radius 2 is 1.24 bits per heavy atom. The van der Waals surface area contributed by atoms with Crippen LogP contribution in [-0.4, -0.2) is 73.8 Å². The van der Waals surface area contributed by atoms with E-state index in [2.05, 4.69) is 0 Å². The van der Waals surface area contributed by atoms with Gasteiger partial charge in [-0.15, -0.1) is 0 Å². The monoisotopic (exact) mass is 302 g/mol. The third kappa shape index (κ3) is 2.28. The first kappa shape index (κ1) is 14.7. The Morgan fingerprint density at radius 1 is 0.905 bits per heavy atom. The second kappa shape index (κ2) is 5.03. The van der Waals surface area contributed by atoms with Gasteiger partial charge in [-0.25, -0.2) is 20.2 Å². The van der Waals surface area contributed by atoms with Crippen LogP contribution in [0, 0.1) is 20.2 Å². The van der Waals surface area contributed by atoms with E-state index < -0.39 is 34.2 Å². The topological polar surface area (TPSA) is 133 Å². The van der Waals surface area contributed by atoms with Crippen LogP contribution in [0.25, 0.3) is 0 Å². The lowest BCUT2D eigenvalue weighted by atomic mass is 10.2. The van der Waals surface area contributed by atoms with Gasteiger partial charge in [-0.3, -0.25) is 19.4 Å². The van der Waals surface area contributed by atoms with Gasteiger partial charge in [0, 0.05) is 13.8 Å². The van der Waals surface area contributed by atoms with Gasteiger partial charge in [0.05, 0.1) is 0 Å². The SMILES string of the molecule is CC(=O)N1CN(C(C)=O)[C@@H]2[C@H]1N([N+](=O)[O-])CCN2[N+](=O)[O-]. The number of hydrazine groups is 2. The third-order valence-corrected chi connectivity index (χ3v) is 3.61. The van der Waals surface area contributed by atoms with Gasteiger partial charge < -0.3 is 0 Å². The van der Waals surface area contributed by atoms with E-state index in [1.54, 1.807) is 0 Å². The highest BCUT2D eigenvalue weighted by Crippen LogP contribution is 2.30. The van der Waals surface area contributed by atoms with Crippen molar-refractivity contribution in [2.75, 3.05) is 19.8 Å². The average Bonchev–Trinajstić information content (AvgIpc) is 2.77. The maximum Gasteiger partial charge on any atom is 0.222 e. The maximum absolute atomic E-state index is 11.7. The molecule has 2 saturated heterocycles. The summed E-state index contributed by atoms with van der Waals surface area (Å²) >= 11 is 0. The Balaban J connectivity index is 2.46. The number of fused-ring (bicyclic) bond motifs is 1. The lowest BCUT2D eigenvalue weighted by Gasteiger charge is -2.37. The van der Waals surface area contributed by atoms with Crippen molar-refractivity contribution in [3.8, 4) is 0 Å². The average molecular weight is 302 g/mol. The molecule has 2 aliphatic rings. The molecule has 0 radical (unpaired) electrons. The van der Waals surface area contributed by atoms with Crippen LogP contribution < -0.4 is 0 Å². The van der Waals surface area contributed by atoms with Gasteiger partial charge in [0.1, 0.15) is 19.8 Å². The van der Waals surface area contributed by atoms with Gasteiger partial charge >= 0.3 is 0 Å². The molecule has 21 heavy (non-hydrogen) atoms. The number of nitrogens with zero attached hydrogens (tertiary/aromatic N) is 6. The zero-order valence-corrected chi connectivity index (χ0v) is 11.4. The molecule has 0 spiro atoms. The third-order valence-electron chi connectivity index (χ3n) is 3.61.